The van der Waals surface area contributed by atoms with Crippen molar-refractivity contribution in [1.29, 1.82) is 5.26 Å². The summed E-state index contributed by atoms with van der Waals surface area (Å²) >= 11 is 0. The zero-order valence-electron chi connectivity index (χ0n) is 14.1. The van der Waals surface area contributed by atoms with Gasteiger partial charge in [0.2, 0.25) is 0 Å². The van der Waals surface area contributed by atoms with Gasteiger partial charge in [-0.05, 0) is 25.5 Å². The molecule has 0 bridgehead atoms. The minimum absolute atomic E-state index is 0.0579. The first-order chi connectivity index (χ1) is 11.7. The summed E-state index contributed by atoms with van der Waals surface area (Å²) < 4.78 is 7.93. The van der Waals surface area contributed by atoms with Crippen molar-refractivity contribution in [1.82, 2.24) is 14.7 Å². The van der Waals surface area contributed by atoms with Crippen LogP contribution in [0.4, 0.5) is 0 Å². The molecule has 0 aliphatic carbocycles. The minimum Gasteiger partial charge on any atom is -0.373 e. The molecule has 124 valence electrons. The maximum atomic E-state index is 9.17. The van der Waals surface area contributed by atoms with Crippen LogP contribution in [0.25, 0.3) is 5.70 Å². The Bertz CT molecular complexity index is 757. The van der Waals surface area contributed by atoms with E-state index in [2.05, 4.69) is 29.1 Å². The van der Waals surface area contributed by atoms with Crippen LogP contribution in [0.15, 0.2) is 42.5 Å². The van der Waals surface area contributed by atoms with Crippen molar-refractivity contribution in [2.24, 2.45) is 0 Å². The summed E-state index contributed by atoms with van der Waals surface area (Å²) in [5.74, 6) is 0. The second-order valence-corrected chi connectivity index (χ2v) is 6.07. The predicted octanol–water partition coefficient (Wildman–Crippen LogP) is 2.77. The fraction of sp³-hybridized carbons (Fsp3) is 0.368. The van der Waals surface area contributed by atoms with Crippen LogP contribution in [0.1, 0.15) is 17.0 Å². The van der Waals surface area contributed by atoms with Crippen LogP contribution in [0.3, 0.4) is 0 Å². The van der Waals surface area contributed by atoms with Crippen LogP contribution < -0.4 is 0 Å². The summed E-state index contributed by atoms with van der Waals surface area (Å²) in [6.07, 6.45) is 1.68. The summed E-state index contributed by atoms with van der Waals surface area (Å²) in [5, 5.41) is 13.7. The number of benzene rings is 1. The SMILES string of the molecule is Cc1cc(C)n(CC2CN(/C(=C/C#N)c3ccccc3)CCO2)n1. The maximum absolute atomic E-state index is 9.17. The summed E-state index contributed by atoms with van der Waals surface area (Å²) in [6.45, 7) is 6.98. The molecule has 2 aromatic rings. The molecule has 1 aliphatic heterocycles. The lowest BCUT2D eigenvalue weighted by Gasteiger charge is -2.36. The monoisotopic (exact) mass is 322 g/mol. The van der Waals surface area contributed by atoms with E-state index < -0.39 is 0 Å². The molecular weight excluding hydrogens is 300 g/mol. The molecular formula is C19H22N4O. The lowest BCUT2D eigenvalue weighted by molar-refractivity contribution is -0.0193. The zero-order chi connectivity index (χ0) is 16.9. The Hall–Kier alpha value is -2.58. The smallest absolute Gasteiger partial charge is 0.0946 e. The van der Waals surface area contributed by atoms with E-state index in [0.717, 1.165) is 42.3 Å². The molecule has 5 nitrogen and oxygen atoms in total. The molecule has 24 heavy (non-hydrogen) atoms. The van der Waals surface area contributed by atoms with Crippen molar-refractivity contribution in [3.05, 3.63) is 59.4 Å². The standard InChI is InChI=1S/C19H22N4O/c1-15-12-16(2)23(21-15)14-18-13-22(10-11-24-18)19(8-9-20)17-6-4-3-5-7-17/h3-8,12,18H,10-11,13-14H2,1-2H3/b19-8+. The number of aromatic nitrogens is 2. The second-order valence-electron chi connectivity index (χ2n) is 6.07. The number of aryl methyl sites for hydroxylation is 2. The lowest BCUT2D eigenvalue weighted by atomic mass is 10.1. The zero-order valence-corrected chi connectivity index (χ0v) is 14.1. The molecule has 1 aromatic heterocycles. The largest absolute Gasteiger partial charge is 0.373 e. The molecule has 5 heteroatoms. The van der Waals surface area contributed by atoms with Gasteiger partial charge in [-0.25, -0.2) is 0 Å². The quantitative estimate of drug-likeness (QED) is 0.812. The third-order valence-electron chi connectivity index (χ3n) is 4.23. The highest BCUT2D eigenvalue weighted by molar-refractivity contribution is 5.66. The maximum Gasteiger partial charge on any atom is 0.0946 e. The Morgan fingerprint density at radius 2 is 2.17 bits per heavy atom. The van der Waals surface area contributed by atoms with E-state index in [1.54, 1.807) is 6.08 Å². The van der Waals surface area contributed by atoms with Gasteiger partial charge in [-0.1, -0.05) is 30.3 Å². The Labute approximate surface area is 142 Å². The minimum atomic E-state index is 0.0579. The van der Waals surface area contributed by atoms with Gasteiger partial charge in [0.15, 0.2) is 0 Å². The van der Waals surface area contributed by atoms with Gasteiger partial charge in [-0.2, -0.15) is 10.4 Å². The van der Waals surface area contributed by atoms with Gasteiger partial charge in [0, 0.05) is 24.9 Å². The summed E-state index contributed by atoms with van der Waals surface area (Å²) in [7, 11) is 0. The van der Waals surface area contributed by atoms with E-state index in [0.29, 0.717) is 6.61 Å². The normalized spacial score (nSPS) is 18.5. The third-order valence-corrected chi connectivity index (χ3v) is 4.23. The van der Waals surface area contributed by atoms with Crippen molar-refractivity contribution in [3.8, 4) is 6.07 Å². The molecule has 1 saturated heterocycles. The molecule has 1 fully saturated rings. The molecule has 0 saturated carbocycles. The Morgan fingerprint density at radius 1 is 1.38 bits per heavy atom. The number of ether oxygens (including phenoxy) is 1. The van der Waals surface area contributed by atoms with Gasteiger partial charge in [-0.15, -0.1) is 0 Å². The van der Waals surface area contributed by atoms with Gasteiger partial charge in [-0.3, -0.25) is 4.68 Å². The molecule has 1 aromatic carbocycles. The highest BCUT2D eigenvalue weighted by atomic mass is 16.5. The number of allylic oxidation sites excluding steroid dienone is 1. The van der Waals surface area contributed by atoms with E-state index in [9.17, 15) is 5.26 Å². The molecule has 3 rings (SSSR count). The Balaban J connectivity index is 1.76. The number of hydrogen-bond donors (Lipinski definition) is 0. The third kappa shape index (κ3) is 3.66. The topological polar surface area (TPSA) is 54.1 Å². The van der Waals surface area contributed by atoms with Crippen LogP contribution in [0, 0.1) is 25.2 Å². The van der Waals surface area contributed by atoms with Crippen LogP contribution in [0.5, 0.6) is 0 Å². The molecule has 0 N–H and O–H groups in total. The van der Waals surface area contributed by atoms with Gasteiger partial charge in [0.05, 0.1) is 36.7 Å². The summed E-state index contributed by atoms with van der Waals surface area (Å²) in [6, 6.07) is 14.3. The first kappa shape index (κ1) is 16.3. The number of hydrogen-bond acceptors (Lipinski definition) is 4. The van der Waals surface area contributed by atoms with Crippen molar-refractivity contribution in [2.75, 3.05) is 19.7 Å². The van der Waals surface area contributed by atoms with Crippen molar-refractivity contribution >= 4 is 5.70 Å². The van der Waals surface area contributed by atoms with Gasteiger partial charge >= 0.3 is 0 Å². The predicted molar refractivity (Wildman–Crippen MR) is 93.0 cm³/mol. The molecule has 0 radical (unpaired) electrons. The van der Waals surface area contributed by atoms with Gasteiger partial charge in [0.1, 0.15) is 0 Å². The molecule has 1 aliphatic rings. The van der Waals surface area contributed by atoms with Crippen LogP contribution in [-0.2, 0) is 11.3 Å². The lowest BCUT2D eigenvalue weighted by Crippen LogP contribution is -2.43. The summed E-state index contributed by atoms with van der Waals surface area (Å²) in [4.78, 5) is 2.23. The number of nitriles is 1. The number of nitrogens with zero attached hydrogens (tertiary/aromatic N) is 4. The Kier molecular flexibility index (Phi) is 4.97. The Morgan fingerprint density at radius 3 is 2.83 bits per heavy atom. The highest BCUT2D eigenvalue weighted by Crippen LogP contribution is 2.22. The molecule has 0 amide bonds. The van der Waals surface area contributed by atoms with E-state index >= 15 is 0 Å². The van der Waals surface area contributed by atoms with Crippen LogP contribution in [-0.4, -0.2) is 40.5 Å². The number of morpholine rings is 1. The summed E-state index contributed by atoms with van der Waals surface area (Å²) in [5.41, 5.74) is 4.18. The van der Waals surface area contributed by atoms with Gasteiger partial charge < -0.3 is 9.64 Å². The van der Waals surface area contributed by atoms with Gasteiger partial charge in [0.25, 0.3) is 0 Å². The first-order valence-electron chi connectivity index (χ1n) is 8.20. The fourth-order valence-corrected chi connectivity index (χ4v) is 3.13. The highest BCUT2D eigenvalue weighted by Gasteiger charge is 2.24. The van der Waals surface area contributed by atoms with Crippen LogP contribution >= 0.6 is 0 Å². The van der Waals surface area contributed by atoms with Crippen molar-refractivity contribution in [2.45, 2.75) is 26.5 Å². The fourth-order valence-electron chi connectivity index (χ4n) is 3.13. The molecule has 2 heterocycles. The second kappa shape index (κ2) is 7.33. The molecule has 1 atom stereocenters. The van der Waals surface area contributed by atoms with E-state index in [-0.39, 0.29) is 6.10 Å². The first-order valence-corrected chi connectivity index (χ1v) is 8.20. The van der Waals surface area contributed by atoms with Crippen LogP contribution in [0.2, 0.25) is 0 Å². The average Bonchev–Trinajstić information content (AvgIpc) is 2.91. The van der Waals surface area contributed by atoms with Crippen molar-refractivity contribution in [3.63, 3.8) is 0 Å². The average molecular weight is 322 g/mol. The van der Waals surface area contributed by atoms with E-state index in [1.807, 2.05) is 41.9 Å². The van der Waals surface area contributed by atoms with Crippen molar-refractivity contribution < 1.29 is 4.74 Å². The number of rotatable bonds is 4. The molecule has 0 spiro atoms. The molecule has 1 unspecified atom stereocenters. The van der Waals surface area contributed by atoms with E-state index in [4.69, 9.17) is 4.74 Å². The van der Waals surface area contributed by atoms with E-state index in [1.165, 1.54) is 0 Å².